The summed E-state index contributed by atoms with van der Waals surface area (Å²) in [4.78, 5) is 24.5. The van der Waals surface area contributed by atoms with Crippen molar-refractivity contribution in [3.05, 3.63) is 66.1 Å². The van der Waals surface area contributed by atoms with E-state index in [1.54, 1.807) is 12.4 Å². The predicted molar refractivity (Wildman–Crippen MR) is 108 cm³/mol. The van der Waals surface area contributed by atoms with Gasteiger partial charge in [0, 0.05) is 28.9 Å². The van der Waals surface area contributed by atoms with Crippen LogP contribution in [0, 0.1) is 0 Å². The highest BCUT2D eigenvalue weighted by Crippen LogP contribution is 2.21. The number of hydrogen-bond donors (Lipinski definition) is 2. The smallest absolute Gasteiger partial charge is 0.407 e. The molecule has 0 unspecified atom stereocenters. The Kier molecular flexibility index (Phi) is 5.93. The van der Waals surface area contributed by atoms with Crippen molar-refractivity contribution in [3.63, 3.8) is 0 Å². The number of oxime groups is 1. The Balaban J connectivity index is 1.71. The molecule has 0 saturated heterocycles. The fraction of sp³-hybridized carbons (Fsp3) is 0.286. The van der Waals surface area contributed by atoms with Gasteiger partial charge in [0.1, 0.15) is 17.9 Å². The third kappa shape index (κ3) is 5.09. The van der Waals surface area contributed by atoms with Gasteiger partial charge in [-0.05, 0) is 26.8 Å². The van der Waals surface area contributed by atoms with Crippen LogP contribution in [-0.4, -0.2) is 40.5 Å². The maximum Gasteiger partial charge on any atom is 0.407 e. The number of carbonyl (C=O) groups excluding carboxylic acids is 1. The number of nitrogens with one attached hydrogen (secondary N) is 2. The van der Waals surface area contributed by atoms with Gasteiger partial charge in [-0.3, -0.25) is 4.98 Å². The number of alkyl carbamates (subject to hydrolysis) is 1. The van der Waals surface area contributed by atoms with Crippen LogP contribution < -0.4 is 5.32 Å². The minimum atomic E-state index is -0.534. The van der Waals surface area contributed by atoms with Crippen LogP contribution in [0.5, 0.6) is 0 Å². The van der Waals surface area contributed by atoms with E-state index in [9.17, 15) is 4.79 Å². The zero-order valence-electron chi connectivity index (χ0n) is 16.2. The molecule has 0 bridgehead atoms. The first-order chi connectivity index (χ1) is 13.4. The molecular weight excluding hydrogens is 356 g/mol. The molecule has 0 atom stereocenters. The molecule has 3 aromatic rings. The van der Waals surface area contributed by atoms with E-state index in [0.717, 1.165) is 22.0 Å². The van der Waals surface area contributed by atoms with E-state index in [1.807, 2.05) is 63.4 Å². The first kappa shape index (κ1) is 19.4. The summed E-state index contributed by atoms with van der Waals surface area (Å²) >= 11 is 0. The molecule has 7 nitrogen and oxygen atoms in total. The van der Waals surface area contributed by atoms with E-state index in [4.69, 9.17) is 9.57 Å². The van der Waals surface area contributed by atoms with Crippen LogP contribution in [0.4, 0.5) is 4.79 Å². The molecular formula is C21H24N4O3. The van der Waals surface area contributed by atoms with Crippen LogP contribution in [0.1, 0.15) is 31.9 Å². The number of pyridine rings is 1. The first-order valence-electron chi connectivity index (χ1n) is 9.08. The predicted octanol–water partition coefficient (Wildman–Crippen LogP) is 3.86. The summed E-state index contributed by atoms with van der Waals surface area (Å²) in [5.74, 6) is 0. The number of ether oxygens (including phenoxy) is 1. The molecule has 0 aliphatic heterocycles. The molecule has 0 saturated carbocycles. The monoisotopic (exact) mass is 380 g/mol. The zero-order chi connectivity index (χ0) is 20.0. The second-order valence-electron chi connectivity index (χ2n) is 7.19. The van der Waals surface area contributed by atoms with Gasteiger partial charge >= 0.3 is 6.09 Å². The van der Waals surface area contributed by atoms with E-state index >= 15 is 0 Å². The Bertz CT molecular complexity index is 958. The number of benzene rings is 1. The Morgan fingerprint density at radius 1 is 1.21 bits per heavy atom. The van der Waals surface area contributed by atoms with E-state index in [2.05, 4.69) is 20.4 Å². The van der Waals surface area contributed by atoms with Crippen LogP contribution in [-0.2, 0) is 9.57 Å². The molecule has 1 amide bonds. The quantitative estimate of drug-likeness (QED) is 0.386. The summed E-state index contributed by atoms with van der Waals surface area (Å²) in [6.07, 6.45) is 4.93. The molecule has 2 heterocycles. The second kappa shape index (κ2) is 8.56. The zero-order valence-corrected chi connectivity index (χ0v) is 16.2. The van der Waals surface area contributed by atoms with Crippen molar-refractivity contribution in [2.24, 2.45) is 5.16 Å². The Hall–Kier alpha value is -3.35. The topological polar surface area (TPSA) is 88.6 Å². The third-order valence-electron chi connectivity index (χ3n) is 3.80. The molecule has 1 aromatic carbocycles. The fourth-order valence-electron chi connectivity index (χ4n) is 2.64. The van der Waals surface area contributed by atoms with Crippen LogP contribution in [0.3, 0.4) is 0 Å². The molecule has 0 fully saturated rings. The van der Waals surface area contributed by atoms with Gasteiger partial charge < -0.3 is 19.9 Å². The minimum Gasteiger partial charge on any atom is -0.444 e. The molecule has 0 radical (unpaired) electrons. The summed E-state index contributed by atoms with van der Waals surface area (Å²) in [6.45, 7) is 5.96. The van der Waals surface area contributed by atoms with Gasteiger partial charge in [-0.25, -0.2) is 4.79 Å². The normalized spacial score (nSPS) is 12.0. The molecule has 2 N–H and O–H groups in total. The maximum atomic E-state index is 11.7. The molecule has 0 spiro atoms. The van der Waals surface area contributed by atoms with Crippen molar-refractivity contribution in [1.29, 1.82) is 0 Å². The number of carbonyl (C=O) groups is 1. The Morgan fingerprint density at radius 3 is 2.75 bits per heavy atom. The number of fused-ring (bicyclic) bond motifs is 1. The maximum absolute atomic E-state index is 11.7. The van der Waals surface area contributed by atoms with Crippen molar-refractivity contribution in [3.8, 4) is 0 Å². The lowest BCUT2D eigenvalue weighted by Crippen LogP contribution is -2.34. The van der Waals surface area contributed by atoms with Gasteiger partial charge in [0.2, 0.25) is 0 Å². The third-order valence-corrected chi connectivity index (χ3v) is 3.80. The SMILES string of the molecule is CC(C)(C)OC(=O)NCCO/N=C(\c1ccccc1)c1c[nH]c2cnccc12. The Morgan fingerprint density at radius 2 is 2.00 bits per heavy atom. The molecule has 28 heavy (non-hydrogen) atoms. The lowest BCUT2D eigenvalue weighted by molar-refractivity contribution is 0.0502. The van der Waals surface area contributed by atoms with E-state index in [0.29, 0.717) is 5.71 Å². The van der Waals surface area contributed by atoms with Crippen molar-refractivity contribution in [1.82, 2.24) is 15.3 Å². The average Bonchev–Trinajstić information content (AvgIpc) is 3.08. The highest BCUT2D eigenvalue weighted by molar-refractivity contribution is 6.19. The molecule has 7 heteroatoms. The van der Waals surface area contributed by atoms with E-state index in [1.165, 1.54) is 0 Å². The van der Waals surface area contributed by atoms with Gasteiger partial charge in [-0.2, -0.15) is 0 Å². The van der Waals surface area contributed by atoms with Gasteiger partial charge in [-0.15, -0.1) is 0 Å². The average molecular weight is 380 g/mol. The number of aromatic nitrogens is 2. The number of amides is 1. The molecule has 2 aromatic heterocycles. The fourth-order valence-corrected chi connectivity index (χ4v) is 2.64. The first-order valence-corrected chi connectivity index (χ1v) is 9.08. The standard InChI is InChI=1S/C21H24N4O3/c1-21(2,3)28-20(26)23-11-12-27-25-19(15-7-5-4-6-8-15)17-13-24-18-14-22-10-9-16(17)18/h4-10,13-14,24H,11-12H2,1-3H3,(H,23,26)/b25-19+. The van der Waals surface area contributed by atoms with Crippen LogP contribution in [0.2, 0.25) is 0 Å². The number of hydrogen-bond acceptors (Lipinski definition) is 5. The summed E-state index contributed by atoms with van der Waals surface area (Å²) in [7, 11) is 0. The minimum absolute atomic E-state index is 0.222. The number of H-pyrrole nitrogens is 1. The molecule has 0 aliphatic carbocycles. The Labute approximate surface area is 163 Å². The van der Waals surface area contributed by atoms with E-state index in [-0.39, 0.29) is 13.2 Å². The van der Waals surface area contributed by atoms with Gasteiger partial charge in [-0.1, -0.05) is 35.5 Å². The van der Waals surface area contributed by atoms with Crippen molar-refractivity contribution < 1.29 is 14.4 Å². The summed E-state index contributed by atoms with van der Waals surface area (Å²) in [6, 6.07) is 11.7. The summed E-state index contributed by atoms with van der Waals surface area (Å²) in [5.41, 5.74) is 2.94. The lowest BCUT2D eigenvalue weighted by Gasteiger charge is -2.19. The highest BCUT2D eigenvalue weighted by Gasteiger charge is 2.16. The summed E-state index contributed by atoms with van der Waals surface area (Å²) in [5, 5.41) is 8.00. The molecule has 0 aliphatic rings. The second-order valence-corrected chi connectivity index (χ2v) is 7.19. The molecule has 3 rings (SSSR count). The van der Waals surface area contributed by atoms with Gasteiger partial charge in [0.15, 0.2) is 0 Å². The lowest BCUT2D eigenvalue weighted by atomic mass is 10.0. The van der Waals surface area contributed by atoms with Gasteiger partial charge in [0.05, 0.1) is 18.3 Å². The summed E-state index contributed by atoms with van der Waals surface area (Å²) < 4.78 is 5.19. The van der Waals surface area contributed by atoms with Crippen molar-refractivity contribution in [2.45, 2.75) is 26.4 Å². The number of nitrogens with zero attached hydrogens (tertiary/aromatic N) is 2. The highest BCUT2D eigenvalue weighted by atomic mass is 16.6. The van der Waals surface area contributed by atoms with E-state index < -0.39 is 11.7 Å². The largest absolute Gasteiger partial charge is 0.444 e. The van der Waals surface area contributed by atoms with Gasteiger partial charge in [0.25, 0.3) is 0 Å². The number of rotatable bonds is 6. The molecule has 146 valence electrons. The van der Waals surface area contributed by atoms with Crippen LogP contribution in [0.15, 0.2) is 60.1 Å². The van der Waals surface area contributed by atoms with Crippen molar-refractivity contribution in [2.75, 3.05) is 13.2 Å². The van der Waals surface area contributed by atoms with Crippen LogP contribution >= 0.6 is 0 Å². The van der Waals surface area contributed by atoms with Crippen molar-refractivity contribution >= 4 is 22.7 Å². The number of aromatic amines is 1. The van der Waals surface area contributed by atoms with Crippen LogP contribution in [0.25, 0.3) is 10.9 Å².